The number of hydrogen-bond donors (Lipinski definition) is 2. The van der Waals surface area contributed by atoms with Crippen LogP contribution in [0.2, 0.25) is 0 Å². The van der Waals surface area contributed by atoms with Crippen LogP contribution in [0.1, 0.15) is 32.6 Å². The first-order valence-corrected chi connectivity index (χ1v) is 4.87. The van der Waals surface area contributed by atoms with Gasteiger partial charge in [0.1, 0.15) is 11.4 Å². The molecule has 1 unspecified atom stereocenters. The van der Waals surface area contributed by atoms with Gasteiger partial charge in [-0.15, -0.1) is 0 Å². The van der Waals surface area contributed by atoms with Crippen molar-refractivity contribution >= 4 is 17.1 Å². The fourth-order valence-electron chi connectivity index (χ4n) is 2.15. The maximum Gasteiger partial charge on any atom is 0.225 e. The smallest absolute Gasteiger partial charge is 0.225 e. The predicted octanol–water partition coefficient (Wildman–Crippen LogP) is 1.37. The molecule has 1 saturated carbocycles. The highest BCUT2D eigenvalue weighted by atomic mass is 16.7. The summed E-state index contributed by atoms with van der Waals surface area (Å²) in [5, 5.41) is 28.2. The number of nitrogens with zero attached hydrogens (tertiary/aromatic N) is 3. The fraction of sp³-hybridized carbons (Fsp3) is 0.667. The van der Waals surface area contributed by atoms with Crippen LogP contribution in [0.3, 0.4) is 0 Å². The molecule has 2 rings (SSSR count). The monoisotopic (exact) mass is 211 g/mol. The first kappa shape index (κ1) is 9.95. The van der Waals surface area contributed by atoms with Gasteiger partial charge in [-0.3, -0.25) is 0 Å². The van der Waals surface area contributed by atoms with Crippen LogP contribution in [0.4, 0.5) is 0 Å². The lowest BCUT2D eigenvalue weighted by atomic mass is 9.78. The van der Waals surface area contributed by atoms with Crippen molar-refractivity contribution in [2.24, 2.45) is 15.5 Å². The second-order valence-corrected chi connectivity index (χ2v) is 3.87. The molecular formula is C9H13N3O3. The van der Waals surface area contributed by atoms with Crippen LogP contribution in [-0.4, -0.2) is 33.2 Å². The number of hydrogen-bond acceptors (Lipinski definition) is 6. The Labute approximate surface area is 86.9 Å². The van der Waals surface area contributed by atoms with Gasteiger partial charge in [-0.2, -0.15) is 0 Å². The maximum absolute atomic E-state index is 8.94. The second-order valence-electron chi connectivity index (χ2n) is 3.87. The highest BCUT2D eigenvalue weighted by molar-refractivity contribution is 6.19. The summed E-state index contributed by atoms with van der Waals surface area (Å²) in [4.78, 5) is 5.31. The zero-order valence-electron chi connectivity index (χ0n) is 8.47. The van der Waals surface area contributed by atoms with E-state index in [1.54, 1.807) is 0 Å². The Bertz CT molecular complexity index is 340. The molecule has 0 aromatic heterocycles. The molecule has 2 aliphatic rings. The van der Waals surface area contributed by atoms with Gasteiger partial charge in [0.05, 0.1) is 5.71 Å². The van der Waals surface area contributed by atoms with E-state index in [0.717, 1.165) is 12.1 Å². The zero-order valence-corrected chi connectivity index (χ0v) is 8.47. The van der Waals surface area contributed by atoms with Crippen molar-refractivity contribution in [3.63, 3.8) is 0 Å². The lowest BCUT2D eigenvalue weighted by molar-refractivity contribution is 0.0774. The minimum Gasteiger partial charge on any atom is -0.411 e. The van der Waals surface area contributed by atoms with Crippen molar-refractivity contribution in [1.29, 1.82) is 0 Å². The molecule has 82 valence electrons. The van der Waals surface area contributed by atoms with Crippen molar-refractivity contribution in [3.05, 3.63) is 0 Å². The third-order valence-corrected chi connectivity index (χ3v) is 2.86. The summed E-state index contributed by atoms with van der Waals surface area (Å²) in [5.41, 5.74) is 0.856. The molecule has 1 fully saturated rings. The molecular weight excluding hydrogens is 198 g/mol. The Balaban J connectivity index is 2.39. The maximum atomic E-state index is 8.94. The first-order chi connectivity index (χ1) is 7.23. The Morgan fingerprint density at radius 3 is 2.27 bits per heavy atom. The zero-order chi connectivity index (χ0) is 10.9. The summed E-state index contributed by atoms with van der Waals surface area (Å²) in [6.07, 6.45) is 2.56. The summed E-state index contributed by atoms with van der Waals surface area (Å²) in [5.74, 6) is 0. The van der Waals surface area contributed by atoms with Crippen LogP contribution in [-0.2, 0) is 4.84 Å². The van der Waals surface area contributed by atoms with Gasteiger partial charge in [0.25, 0.3) is 0 Å². The molecule has 0 aromatic carbocycles. The normalized spacial score (nSPS) is 35.9. The molecule has 0 radical (unpaired) electrons. The summed E-state index contributed by atoms with van der Waals surface area (Å²) < 4.78 is 0. The lowest BCUT2D eigenvalue weighted by Gasteiger charge is -2.31. The average Bonchev–Trinajstić information content (AvgIpc) is 2.62. The third-order valence-electron chi connectivity index (χ3n) is 2.86. The van der Waals surface area contributed by atoms with Gasteiger partial charge in [0.15, 0.2) is 0 Å². The van der Waals surface area contributed by atoms with E-state index in [9.17, 15) is 0 Å². The first-order valence-electron chi connectivity index (χ1n) is 4.87. The summed E-state index contributed by atoms with van der Waals surface area (Å²) in [6, 6.07) is 0. The molecule has 1 aliphatic carbocycles. The Morgan fingerprint density at radius 2 is 1.87 bits per heavy atom. The summed E-state index contributed by atoms with van der Waals surface area (Å²) in [6.45, 7) is 1.83. The Hall–Kier alpha value is -1.59. The van der Waals surface area contributed by atoms with Crippen molar-refractivity contribution < 1.29 is 15.3 Å². The van der Waals surface area contributed by atoms with E-state index in [-0.39, 0.29) is 0 Å². The molecule has 1 aliphatic heterocycles. The second kappa shape index (κ2) is 3.52. The molecule has 6 heteroatoms. The van der Waals surface area contributed by atoms with E-state index in [1.807, 2.05) is 6.92 Å². The molecule has 1 atom stereocenters. The molecule has 0 amide bonds. The van der Waals surface area contributed by atoms with E-state index in [4.69, 9.17) is 15.3 Å². The van der Waals surface area contributed by atoms with E-state index in [0.29, 0.717) is 30.7 Å². The molecule has 1 heterocycles. The molecule has 0 saturated heterocycles. The molecule has 15 heavy (non-hydrogen) atoms. The minimum atomic E-state index is -0.925. The molecule has 0 bridgehead atoms. The lowest BCUT2D eigenvalue weighted by Crippen LogP contribution is -2.49. The standard InChI is InChI=1S/C9H13N3O3/c1-6-5-9(15-12-6)7(10-13)3-2-4-8(9)11-14/h13-14H,2-5H2,1H3/b10-7-,11-8+. The molecule has 2 N–H and O–H groups in total. The van der Waals surface area contributed by atoms with Gasteiger partial charge >= 0.3 is 0 Å². The number of rotatable bonds is 0. The van der Waals surface area contributed by atoms with E-state index in [2.05, 4.69) is 15.5 Å². The van der Waals surface area contributed by atoms with Gasteiger partial charge in [-0.05, 0) is 26.2 Å². The van der Waals surface area contributed by atoms with E-state index in [1.165, 1.54) is 0 Å². The third kappa shape index (κ3) is 1.36. The van der Waals surface area contributed by atoms with Gasteiger partial charge in [0.2, 0.25) is 5.60 Å². The summed E-state index contributed by atoms with van der Waals surface area (Å²) >= 11 is 0. The van der Waals surface area contributed by atoms with Crippen LogP contribution >= 0.6 is 0 Å². The summed E-state index contributed by atoms with van der Waals surface area (Å²) in [7, 11) is 0. The Kier molecular flexibility index (Phi) is 2.34. The SMILES string of the molecule is CC1=NOC2(C1)/C(=N\O)CCC/C2=N\O. The van der Waals surface area contributed by atoms with Crippen molar-refractivity contribution in [2.75, 3.05) is 0 Å². The highest BCUT2D eigenvalue weighted by Crippen LogP contribution is 2.34. The van der Waals surface area contributed by atoms with Crippen molar-refractivity contribution in [2.45, 2.75) is 38.2 Å². The van der Waals surface area contributed by atoms with Crippen molar-refractivity contribution in [3.8, 4) is 0 Å². The van der Waals surface area contributed by atoms with Gasteiger partial charge in [0, 0.05) is 6.42 Å². The quantitative estimate of drug-likeness (QED) is 0.468. The van der Waals surface area contributed by atoms with Gasteiger partial charge in [-0.1, -0.05) is 15.5 Å². The average molecular weight is 211 g/mol. The topological polar surface area (TPSA) is 86.8 Å². The van der Waals surface area contributed by atoms with Crippen LogP contribution in [0.25, 0.3) is 0 Å². The minimum absolute atomic E-state index is 0.488. The van der Waals surface area contributed by atoms with Gasteiger partial charge in [-0.25, -0.2) is 0 Å². The van der Waals surface area contributed by atoms with Gasteiger partial charge < -0.3 is 15.3 Å². The van der Waals surface area contributed by atoms with Crippen LogP contribution in [0.15, 0.2) is 15.5 Å². The van der Waals surface area contributed by atoms with Crippen LogP contribution in [0, 0.1) is 0 Å². The molecule has 6 nitrogen and oxygen atoms in total. The number of oxime groups is 3. The molecule has 1 spiro atoms. The predicted molar refractivity (Wildman–Crippen MR) is 53.8 cm³/mol. The van der Waals surface area contributed by atoms with E-state index >= 15 is 0 Å². The fourth-order valence-corrected chi connectivity index (χ4v) is 2.15. The largest absolute Gasteiger partial charge is 0.411 e. The Morgan fingerprint density at radius 1 is 1.27 bits per heavy atom. The van der Waals surface area contributed by atoms with Crippen LogP contribution in [0.5, 0.6) is 0 Å². The highest BCUT2D eigenvalue weighted by Gasteiger charge is 2.50. The van der Waals surface area contributed by atoms with E-state index < -0.39 is 5.60 Å². The van der Waals surface area contributed by atoms with Crippen molar-refractivity contribution in [1.82, 2.24) is 0 Å². The molecule has 0 aromatic rings. The van der Waals surface area contributed by atoms with Crippen LogP contribution < -0.4 is 0 Å².